The molecule has 1 amide bonds. The standard InChI is InChI=1S/C14H19N5O/c1-10-9-11(3-4-13(10)17-15)14(20)16-7-5-12-6-8-19(2)18-12/h3-4,6,8-9,17H,5,7,15H2,1-2H3,(H,16,20). The van der Waals surface area contributed by atoms with Crippen LogP contribution in [0.5, 0.6) is 0 Å². The Balaban J connectivity index is 1.90. The monoisotopic (exact) mass is 273 g/mol. The molecular formula is C14H19N5O. The first kappa shape index (κ1) is 14.1. The van der Waals surface area contributed by atoms with Gasteiger partial charge in [0.25, 0.3) is 5.91 Å². The Hall–Kier alpha value is -2.34. The molecule has 106 valence electrons. The smallest absolute Gasteiger partial charge is 0.251 e. The molecule has 0 aliphatic rings. The fourth-order valence-electron chi connectivity index (χ4n) is 1.97. The van der Waals surface area contributed by atoms with Crippen molar-refractivity contribution >= 4 is 11.6 Å². The van der Waals surface area contributed by atoms with E-state index in [1.165, 1.54) is 0 Å². The predicted octanol–water partition coefficient (Wildman–Crippen LogP) is 0.987. The van der Waals surface area contributed by atoms with Crippen LogP contribution in [0, 0.1) is 6.92 Å². The summed E-state index contributed by atoms with van der Waals surface area (Å²) in [7, 11) is 1.87. The first-order chi connectivity index (χ1) is 9.60. The van der Waals surface area contributed by atoms with Gasteiger partial charge < -0.3 is 10.7 Å². The van der Waals surface area contributed by atoms with Crippen LogP contribution in [0.3, 0.4) is 0 Å². The Kier molecular flexibility index (Phi) is 4.37. The van der Waals surface area contributed by atoms with Crippen LogP contribution in [0.25, 0.3) is 0 Å². The number of hydrogen-bond acceptors (Lipinski definition) is 4. The van der Waals surface area contributed by atoms with E-state index in [1.807, 2.05) is 32.3 Å². The molecule has 0 bridgehead atoms. The summed E-state index contributed by atoms with van der Waals surface area (Å²) in [4.78, 5) is 12.0. The van der Waals surface area contributed by atoms with Crippen molar-refractivity contribution in [3.63, 3.8) is 0 Å². The number of hydrazine groups is 1. The van der Waals surface area contributed by atoms with E-state index < -0.39 is 0 Å². The number of aromatic nitrogens is 2. The van der Waals surface area contributed by atoms with Gasteiger partial charge in [0.2, 0.25) is 0 Å². The number of nitrogens with one attached hydrogen (secondary N) is 2. The summed E-state index contributed by atoms with van der Waals surface area (Å²) in [6.07, 6.45) is 2.60. The van der Waals surface area contributed by atoms with Gasteiger partial charge in [-0.3, -0.25) is 15.3 Å². The summed E-state index contributed by atoms with van der Waals surface area (Å²) < 4.78 is 1.75. The van der Waals surface area contributed by atoms with Crippen LogP contribution >= 0.6 is 0 Å². The van der Waals surface area contributed by atoms with E-state index in [1.54, 1.807) is 16.8 Å². The van der Waals surface area contributed by atoms with Gasteiger partial charge >= 0.3 is 0 Å². The SMILES string of the molecule is Cc1cc(C(=O)NCCc2ccn(C)n2)ccc1NN. The third kappa shape index (κ3) is 3.36. The van der Waals surface area contributed by atoms with Gasteiger partial charge in [-0.1, -0.05) is 0 Å². The largest absolute Gasteiger partial charge is 0.352 e. The van der Waals surface area contributed by atoms with E-state index in [0.717, 1.165) is 16.9 Å². The number of rotatable bonds is 5. The maximum absolute atomic E-state index is 12.0. The number of aryl methyl sites for hydroxylation is 2. The molecule has 2 rings (SSSR count). The van der Waals surface area contributed by atoms with Crippen LogP contribution in [0.4, 0.5) is 5.69 Å². The summed E-state index contributed by atoms with van der Waals surface area (Å²) in [6.45, 7) is 2.46. The highest BCUT2D eigenvalue weighted by atomic mass is 16.1. The van der Waals surface area contributed by atoms with Crippen LogP contribution in [0.1, 0.15) is 21.6 Å². The zero-order valence-electron chi connectivity index (χ0n) is 11.7. The summed E-state index contributed by atoms with van der Waals surface area (Å²) >= 11 is 0. The van der Waals surface area contributed by atoms with Gasteiger partial charge in [0.15, 0.2) is 0 Å². The molecule has 0 fully saturated rings. The van der Waals surface area contributed by atoms with Crippen molar-refractivity contribution in [2.45, 2.75) is 13.3 Å². The third-order valence-electron chi connectivity index (χ3n) is 3.08. The highest BCUT2D eigenvalue weighted by molar-refractivity contribution is 5.94. The lowest BCUT2D eigenvalue weighted by atomic mass is 10.1. The van der Waals surface area contributed by atoms with Crippen LogP contribution in [0.15, 0.2) is 30.5 Å². The van der Waals surface area contributed by atoms with Gasteiger partial charge in [0.1, 0.15) is 0 Å². The second-order valence-electron chi connectivity index (χ2n) is 4.66. The summed E-state index contributed by atoms with van der Waals surface area (Å²) in [5, 5.41) is 7.14. The van der Waals surface area contributed by atoms with Crippen molar-refractivity contribution in [3.8, 4) is 0 Å². The molecule has 6 heteroatoms. The number of benzene rings is 1. The lowest BCUT2D eigenvalue weighted by molar-refractivity contribution is 0.0954. The number of carbonyl (C=O) groups is 1. The van der Waals surface area contributed by atoms with Gasteiger partial charge in [0.05, 0.1) is 11.4 Å². The molecule has 0 unspecified atom stereocenters. The van der Waals surface area contributed by atoms with Crippen LogP contribution in [-0.4, -0.2) is 22.2 Å². The minimum Gasteiger partial charge on any atom is -0.352 e. The van der Waals surface area contributed by atoms with Crippen LogP contribution in [0.2, 0.25) is 0 Å². The van der Waals surface area contributed by atoms with E-state index in [2.05, 4.69) is 15.8 Å². The highest BCUT2D eigenvalue weighted by Gasteiger charge is 2.07. The normalized spacial score (nSPS) is 10.3. The lowest BCUT2D eigenvalue weighted by Crippen LogP contribution is -2.26. The quantitative estimate of drug-likeness (QED) is 0.560. The molecule has 4 N–H and O–H groups in total. The molecule has 0 saturated carbocycles. The molecule has 1 aromatic heterocycles. The average Bonchev–Trinajstić information content (AvgIpc) is 2.84. The third-order valence-corrected chi connectivity index (χ3v) is 3.08. The number of carbonyl (C=O) groups excluding carboxylic acids is 1. The Morgan fingerprint density at radius 2 is 2.20 bits per heavy atom. The summed E-state index contributed by atoms with van der Waals surface area (Å²) in [5.41, 5.74) is 5.93. The number of nitrogens with zero attached hydrogens (tertiary/aromatic N) is 2. The summed E-state index contributed by atoms with van der Waals surface area (Å²) in [5.74, 6) is 5.27. The first-order valence-electron chi connectivity index (χ1n) is 6.44. The predicted molar refractivity (Wildman–Crippen MR) is 78.2 cm³/mol. The molecular weight excluding hydrogens is 254 g/mol. The first-order valence-corrected chi connectivity index (χ1v) is 6.44. The maximum atomic E-state index is 12.0. The molecule has 0 radical (unpaired) electrons. The summed E-state index contributed by atoms with van der Waals surface area (Å²) in [6, 6.07) is 7.30. The molecule has 1 heterocycles. The van der Waals surface area contributed by atoms with Crippen molar-refractivity contribution in [2.24, 2.45) is 12.9 Å². The number of amides is 1. The lowest BCUT2D eigenvalue weighted by Gasteiger charge is -2.08. The highest BCUT2D eigenvalue weighted by Crippen LogP contribution is 2.15. The van der Waals surface area contributed by atoms with Gasteiger partial charge in [-0.15, -0.1) is 0 Å². The van der Waals surface area contributed by atoms with Gasteiger partial charge in [0, 0.05) is 31.8 Å². The zero-order valence-corrected chi connectivity index (χ0v) is 11.7. The fraction of sp³-hybridized carbons (Fsp3) is 0.286. The van der Waals surface area contributed by atoms with Crippen LogP contribution in [-0.2, 0) is 13.5 Å². The van der Waals surface area contributed by atoms with E-state index in [-0.39, 0.29) is 5.91 Å². The molecule has 2 aromatic rings. The Bertz CT molecular complexity index is 605. The van der Waals surface area contributed by atoms with Gasteiger partial charge in [-0.2, -0.15) is 5.10 Å². The second kappa shape index (κ2) is 6.21. The molecule has 0 spiro atoms. The molecule has 6 nitrogen and oxygen atoms in total. The topological polar surface area (TPSA) is 85.0 Å². The number of nitrogens with two attached hydrogens (primary N) is 1. The number of anilines is 1. The molecule has 0 saturated heterocycles. The van der Waals surface area contributed by atoms with E-state index in [0.29, 0.717) is 18.5 Å². The maximum Gasteiger partial charge on any atom is 0.251 e. The molecule has 0 atom stereocenters. The molecule has 1 aromatic carbocycles. The van der Waals surface area contributed by atoms with Crippen molar-refractivity contribution in [3.05, 3.63) is 47.3 Å². The van der Waals surface area contributed by atoms with Crippen molar-refractivity contribution in [1.82, 2.24) is 15.1 Å². The average molecular weight is 273 g/mol. The van der Waals surface area contributed by atoms with E-state index in [4.69, 9.17) is 5.84 Å². The van der Waals surface area contributed by atoms with Crippen molar-refractivity contribution < 1.29 is 4.79 Å². The van der Waals surface area contributed by atoms with Gasteiger partial charge in [-0.25, -0.2) is 0 Å². The second-order valence-corrected chi connectivity index (χ2v) is 4.66. The minimum atomic E-state index is -0.0902. The van der Waals surface area contributed by atoms with Crippen molar-refractivity contribution in [1.29, 1.82) is 0 Å². The molecule has 0 aliphatic heterocycles. The Morgan fingerprint density at radius 1 is 1.40 bits per heavy atom. The van der Waals surface area contributed by atoms with Crippen LogP contribution < -0.4 is 16.6 Å². The Labute approximate surface area is 117 Å². The van der Waals surface area contributed by atoms with E-state index in [9.17, 15) is 4.79 Å². The molecule has 20 heavy (non-hydrogen) atoms. The minimum absolute atomic E-state index is 0.0902. The number of nitrogen functional groups attached to an aromatic ring is 1. The van der Waals surface area contributed by atoms with Crippen molar-refractivity contribution in [2.75, 3.05) is 12.0 Å². The number of hydrogen-bond donors (Lipinski definition) is 3. The molecule has 0 aliphatic carbocycles. The Morgan fingerprint density at radius 3 is 2.80 bits per heavy atom. The van der Waals surface area contributed by atoms with E-state index >= 15 is 0 Å². The zero-order chi connectivity index (χ0) is 14.5. The fourth-order valence-corrected chi connectivity index (χ4v) is 1.97. The van der Waals surface area contributed by atoms with Gasteiger partial charge in [-0.05, 0) is 36.8 Å².